The number of nitrogens with one attached hydrogen (secondary N) is 1. The number of fused-ring (bicyclic) bond motifs is 3. The van der Waals surface area contributed by atoms with Gasteiger partial charge in [0, 0.05) is 49.5 Å². The maximum atomic E-state index is 13.1. The number of nitrogens with zero attached hydrogens (tertiary/aromatic N) is 7. The molecule has 6 rings (SSSR count). The molecule has 2 N–H and O–H groups in total. The van der Waals surface area contributed by atoms with Crippen molar-refractivity contribution in [2.24, 2.45) is 0 Å². The number of aliphatic hydroxyl groups is 1. The van der Waals surface area contributed by atoms with Crippen LogP contribution in [0.2, 0.25) is 0 Å². The minimum Gasteiger partial charge on any atom is -0.384 e. The van der Waals surface area contributed by atoms with Gasteiger partial charge in [0.25, 0.3) is 11.5 Å². The van der Waals surface area contributed by atoms with Gasteiger partial charge in [-0.2, -0.15) is 5.10 Å². The Kier molecular flexibility index (Phi) is 5.80. The molecule has 6 heterocycles. The molecule has 0 aromatic carbocycles. The van der Waals surface area contributed by atoms with Crippen molar-refractivity contribution >= 4 is 27.8 Å². The molecule has 1 saturated heterocycles. The number of pyridine rings is 3. The molecule has 12 nitrogen and oxygen atoms in total. The van der Waals surface area contributed by atoms with Gasteiger partial charge in [0.2, 0.25) is 0 Å². The van der Waals surface area contributed by atoms with Gasteiger partial charge in [0.15, 0.2) is 5.82 Å². The van der Waals surface area contributed by atoms with Crippen molar-refractivity contribution in [1.29, 1.82) is 0 Å². The molecule has 1 atom stereocenters. The standard InChI is InChI=1S/C26H24N8O4/c1-15(35)25(37)32-11-7-17(8-12-32)34-23-18(24(36)31-26(34)38)14-27-20-5-4-19(30-22(20)23)16-3-6-21(28-13-16)33-10-2-9-29-33/h2-6,9-10,13-15,17,35H,7-8,11-12H2,1H3,(H,31,36,38)/t15-/m1/s1. The molecule has 5 aromatic rings. The summed E-state index contributed by atoms with van der Waals surface area (Å²) in [6.45, 7) is 2.21. The average molecular weight is 513 g/mol. The van der Waals surface area contributed by atoms with Crippen molar-refractivity contribution in [2.45, 2.75) is 31.9 Å². The van der Waals surface area contributed by atoms with E-state index >= 15 is 0 Å². The zero-order valence-corrected chi connectivity index (χ0v) is 20.5. The van der Waals surface area contributed by atoms with Gasteiger partial charge in [-0.3, -0.25) is 24.1 Å². The highest BCUT2D eigenvalue weighted by atomic mass is 16.3. The summed E-state index contributed by atoms with van der Waals surface area (Å²) in [5.41, 5.74) is 1.69. The predicted molar refractivity (Wildman–Crippen MR) is 139 cm³/mol. The molecule has 0 radical (unpaired) electrons. The molecule has 192 valence electrons. The van der Waals surface area contributed by atoms with E-state index in [4.69, 9.17) is 4.98 Å². The minimum atomic E-state index is -1.08. The summed E-state index contributed by atoms with van der Waals surface area (Å²) in [5, 5.41) is 14.1. The monoisotopic (exact) mass is 512 g/mol. The van der Waals surface area contributed by atoms with E-state index in [2.05, 4.69) is 20.1 Å². The van der Waals surface area contributed by atoms with E-state index in [1.807, 2.05) is 24.3 Å². The maximum absolute atomic E-state index is 13.1. The molecule has 0 spiro atoms. The number of H-pyrrole nitrogens is 1. The fourth-order valence-corrected chi connectivity index (χ4v) is 4.98. The Bertz CT molecular complexity index is 1770. The smallest absolute Gasteiger partial charge is 0.329 e. The van der Waals surface area contributed by atoms with Crippen LogP contribution in [0.5, 0.6) is 0 Å². The van der Waals surface area contributed by atoms with Crippen LogP contribution in [0.1, 0.15) is 25.8 Å². The number of aromatic nitrogens is 7. The van der Waals surface area contributed by atoms with Crippen LogP contribution >= 0.6 is 0 Å². The van der Waals surface area contributed by atoms with Crippen LogP contribution in [-0.2, 0) is 4.79 Å². The number of hydrogen-bond acceptors (Lipinski definition) is 8. The third kappa shape index (κ3) is 4.04. The van der Waals surface area contributed by atoms with Crippen molar-refractivity contribution in [3.05, 3.63) is 76.0 Å². The van der Waals surface area contributed by atoms with Crippen molar-refractivity contribution in [1.82, 2.24) is 39.2 Å². The normalized spacial score (nSPS) is 15.3. The third-order valence-electron chi connectivity index (χ3n) is 6.89. The van der Waals surface area contributed by atoms with Crippen molar-refractivity contribution in [3.63, 3.8) is 0 Å². The highest BCUT2D eigenvalue weighted by Gasteiger charge is 2.28. The molecule has 1 fully saturated rings. The molecule has 38 heavy (non-hydrogen) atoms. The summed E-state index contributed by atoms with van der Waals surface area (Å²) in [6.07, 6.45) is 6.52. The molecule has 0 bridgehead atoms. The third-order valence-corrected chi connectivity index (χ3v) is 6.89. The summed E-state index contributed by atoms with van der Waals surface area (Å²) in [7, 11) is 0. The van der Waals surface area contributed by atoms with E-state index in [-0.39, 0.29) is 17.3 Å². The van der Waals surface area contributed by atoms with Crippen LogP contribution in [0, 0.1) is 0 Å². The number of piperidine rings is 1. The van der Waals surface area contributed by atoms with Gasteiger partial charge in [-0.25, -0.2) is 19.4 Å². The second-order valence-electron chi connectivity index (χ2n) is 9.30. The number of hydrogen-bond donors (Lipinski definition) is 2. The molecule has 0 unspecified atom stereocenters. The first kappa shape index (κ1) is 23.7. The Morgan fingerprint density at radius 1 is 1.11 bits per heavy atom. The fraction of sp³-hybridized carbons (Fsp3) is 0.269. The lowest BCUT2D eigenvalue weighted by Crippen LogP contribution is -2.45. The van der Waals surface area contributed by atoms with Gasteiger partial charge in [-0.15, -0.1) is 0 Å². The van der Waals surface area contributed by atoms with Crippen molar-refractivity contribution < 1.29 is 9.90 Å². The number of likely N-dealkylation sites (tertiary alicyclic amines) is 1. The van der Waals surface area contributed by atoms with E-state index in [0.29, 0.717) is 54.0 Å². The van der Waals surface area contributed by atoms with Gasteiger partial charge < -0.3 is 10.0 Å². The summed E-state index contributed by atoms with van der Waals surface area (Å²) in [4.78, 5) is 55.9. The zero-order chi connectivity index (χ0) is 26.4. The Labute approximate surface area is 215 Å². The second kappa shape index (κ2) is 9.30. The minimum absolute atomic E-state index is 0.261. The zero-order valence-electron chi connectivity index (χ0n) is 20.5. The Balaban J connectivity index is 1.45. The summed E-state index contributed by atoms with van der Waals surface area (Å²) in [6, 6.07) is 8.88. The quantitative estimate of drug-likeness (QED) is 0.343. The van der Waals surface area contributed by atoms with Crippen LogP contribution in [0.25, 0.3) is 39.0 Å². The number of amides is 1. The fourth-order valence-electron chi connectivity index (χ4n) is 4.98. The molecular formula is C26H24N8O4. The first-order valence-corrected chi connectivity index (χ1v) is 12.3. The molecule has 12 heteroatoms. The molecule has 5 aromatic heterocycles. The lowest BCUT2D eigenvalue weighted by molar-refractivity contribution is -0.140. The number of rotatable bonds is 4. The van der Waals surface area contributed by atoms with Gasteiger partial charge >= 0.3 is 5.69 Å². The molecule has 1 amide bonds. The topological polar surface area (TPSA) is 152 Å². The largest absolute Gasteiger partial charge is 0.384 e. The number of carbonyl (C=O) groups excluding carboxylic acids is 1. The maximum Gasteiger partial charge on any atom is 0.329 e. The van der Waals surface area contributed by atoms with Gasteiger partial charge in [0.05, 0.1) is 22.1 Å². The predicted octanol–water partition coefficient (Wildman–Crippen LogP) is 1.42. The first-order valence-electron chi connectivity index (χ1n) is 12.3. The number of aromatic amines is 1. The van der Waals surface area contributed by atoms with E-state index in [9.17, 15) is 19.5 Å². The van der Waals surface area contributed by atoms with Gasteiger partial charge in [0.1, 0.15) is 11.6 Å². The van der Waals surface area contributed by atoms with Gasteiger partial charge in [-0.1, -0.05) is 0 Å². The highest BCUT2D eigenvalue weighted by Crippen LogP contribution is 2.29. The van der Waals surface area contributed by atoms with E-state index in [0.717, 1.165) is 5.56 Å². The summed E-state index contributed by atoms with van der Waals surface area (Å²) in [5.74, 6) is 0.322. The van der Waals surface area contributed by atoms with Gasteiger partial charge in [-0.05, 0) is 50.1 Å². The SMILES string of the molecule is C[C@@H](O)C(=O)N1CCC(n2c(=O)[nH]c(=O)c3cnc4ccc(-c5ccc(-n6cccn6)nc5)nc4c32)CC1. The van der Waals surface area contributed by atoms with Crippen LogP contribution < -0.4 is 11.2 Å². The van der Waals surface area contributed by atoms with Crippen LogP contribution in [0.15, 0.2) is 64.7 Å². The lowest BCUT2D eigenvalue weighted by atomic mass is 10.0. The van der Waals surface area contributed by atoms with E-state index in [1.165, 1.54) is 13.1 Å². The van der Waals surface area contributed by atoms with Crippen LogP contribution in [0.3, 0.4) is 0 Å². The average Bonchev–Trinajstić information content (AvgIpc) is 3.48. The summed E-state index contributed by atoms with van der Waals surface area (Å²) < 4.78 is 3.22. The van der Waals surface area contributed by atoms with E-state index < -0.39 is 17.4 Å². The molecule has 0 aliphatic carbocycles. The molecule has 0 saturated carbocycles. The number of aliphatic hydroxyl groups excluding tert-OH is 1. The Hall–Kier alpha value is -4.71. The second-order valence-corrected chi connectivity index (χ2v) is 9.30. The summed E-state index contributed by atoms with van der Waals surface area (Å²) >= 11 is 0. The number of carbonyl (C=O) groups is 1. The van der Waals surface area contributed by atoms with Crippen molar-refractivity contribution in [3.8, 4) is 17.1 Å². The highest BCUT2D eigenvalue weighted by molar-refractivity contribution is 6.01. The first-order chi connectivity index (χ1) is 18.4. The Morgan fingerprint density at radius 2 is 1.92 bits per heavy atom. The Morgan fingerprint density at radius 3 is 2.61 bits per heavy atom. The molecule has 1 aliphatic rings. The molecular weight excluding hydrogens is 488 g/mol. The van der Waals surface area contributed by atoms with Crippen molar-refractivity contribution in [2.75, 3.05) is 13.1 Å². The van der Waals surface area contributed by atoms with Crippen LogP contribution in [0.4, 0.5) is 0 Å². The lowest BCUT2D eigenvalue weighted by Gasteiger charge is -2.34. The van der Waals surface area contributed by atoms with Crippen LogP contribution in [-0.4, -0.2) is 69.4 Å². The van der Waals surface area contributed by atoms with E-state index in [1.54, 1.807) is 38.8 Å². The molecule has 1 aliphatic heterocycles.